The van der Waals surface area contributed by atoms with E-state index in [-0.39, 0.29) is 17.8 Å². The number of carbonyl (C=O) groups excluding carboxylic acids is 1. The maximum atomic E-state index is 12.9. The number of ether oxygens (including phenoxy) is 1. The lowest BCUT2D eigenvalue weighted by Gasteiger charge is -2.29. The third kappa shape index (κ3) is 4.92. The van der Waals surface area contributed by atoms with Gasteiger partial charge in [-0.1, -0.05) is 24.3 Å². The van der Waals surface area contributed by atoms with E-state index in [9.17, 15) is 9.18 Å². The van der Waals surface area contributed by atoms with E-state index in [4.69, 9.17) is 4.74 Å². The zero-order valence-corrected chi connectivity index (χ0v) is 14.8. The maximum absolute atomic E-state index is 12.9. The van der Waals surface area contributed by atoms with E-state index in [1.165, 1.54) is 23.9 Å². The lowest BCUT2D eigenvalue weighted by atomic mass is 10.1. The summed E-state index contributed by atoms with van der Waals surface area (Å²) >= 11 is 0. The van der Waals surface area contributed by atoms with E-state index in [0.29, 0.717) is 0 Å². The number of anilines is 1. The third-order valence-electron chi connectivity index (χ3n) is 4.43. The van der Waals surface area contributed by atoms with Crippen LogP contribution in [-0.4, -0.2) is 32.2 Å². The Morgan fingerprint density at radius 3 is 2.42 bits per heavy atom. The van der Waals surface area contributed by atoms with Crippen molar-refractivity contribution in [2.75, 3.05) is 31.2 Å². The molecule has 1 N–H and O–H groups in total. The Hall–Kier alpha value is -2.66. The van der Waals surface area contributed by atoms with Gasteiger partial charge in [0, 0.05) is 24.9 Å². The number of nitrogens with zero attached hydrogens (tertiary/aromatic N) is 1. The van der Waals surface area contributed by atoms with Gasteiger partial charge in [-0.15, -0.1) is 0 Å². The van der Waals surface area contributed by atoms with Gasteiger partial charge in [0.15, 0.2) is 0 Å². The van der Waals surface area contributed by atoms with Crippen molar-refractivity contribution in [3.63, 3.8) is 0 Å². The average Bonchev–Trinajstić information content (AvgIpc) is 2.68. The number of carbonyl (C=O) groups is 1. The van der Waals surface area contributed by atoms with Crippen LogP contribution in [0.3, 0.4) is 0 Å². The average molecular weight is 354 g/mol. The minimum atomic E-state index is -0.291. The van der Waals surface area contributed by atoms with E-state index in [2.05, 4.69) is 22.3 Å². The summed E-state index contributed by atoms with van der Waals surface area (Å²) in [6, 6.07) is 14.2. The minimum Gasteiger partial charge on any atom is -0.378 e. The summed E-state index contributed by atoms with van der Waals surface area (Å²) < 4.78 is 18.3. The van der Waals surface area contributed by atoms with Crippen LogP contribution in [0.15, 0.2) is 54.6 Å². The maximum Gasteiger partial charge on any atom is 0.244 e. The first-order valence-corrected chi connectivity index (χ1v) is 8.78. The SMILES string of the molecule is CC(NC(=O)/C=C/c1ccc(F)cc1)c1ccc(N2CCOCC2)cc1. The van der Waals surface area contributed by atoms with Crippen LogP contribution < -0.4 is 10.2 Å². The molecule has 2 aromatic carbocycles. The summed E-state index contributed by atoms with van der Waals surface area (Å²) in [5, 5.41) is 2.94. The first-order chi connectivity index (χ1) is 12.6. The van der Waals surface area contributed by atoms with Gasteiger partial charge in [0.05, 0.1) is 19.3 Å². The smallest absolute Gasteiger partial charge is 0.244 e. The first-order valence-electron chi connectivity index (χ1n) is 8.78. The highest BCUT2D eigenvalue weighted by molar-refractivity contribution is 5.91. The molecule has 0 bridgehead atoms. The molecular formula is C21H23FN2O2. The molecule has 1 amide bonds. The van der Waals surface area contributed by atoms with Gasteiger partial charge in [-0.25, -0.2) is 4.39 Å². The number of morpholine rings is 1. The van der Waals surface area contributed by atoms with Crippen molar-refractivity contribution in [3.05, 3.63) is 71.6 Å². The topological polar surface area (TPSA) is 41.6 Å². The second-order valence-corrected chi connectivity index (χ2v) is 6.31. The Labute approximate surface area is 153 Å². The van der Waals surface area contributed by atoms with Crippen LogP contribution in [0.2, 0.25) is 0 Å². The van der Waals surface area contributed by atoms with Gasteiger partial charge in [0.2, 0.25) is 5.91 Å². The lowest BCUT2D eigenvalue weighted by molar-refractivity contribution is -0.117. The van der Waals surface area contributed by atoms with E-state index in [0.717, 1.165) is 37.4 Å². The van der Waals surface area contributed by atoms with Crippen LogP contribution in [0.1, 0.15) is 24.1 Å². The van der Waals surface area contributed by atoms with E-state index < -0.39 is 0 Å². The van der Waals surface area contributed by atoms with E-state index in [1.807, 2.05) is 19.1 Å². The summed E-state index contributed by atoms with van der Waals surface area (Å²) in [5.74, 6) is -0.472. The van der Waals surface area contributed by atoms with Gasteiger partial charge < -0.3 is 15.0 Å². The van der Waals surface area contributed by atoms with Gasteiger partial charge >= 0.3 is 0 Å². The van der Waals surface area contributed by atoms with Crippen molar-refractivity contribution < 1.29 is 13.9 Å². The van der Waals surface area contributed by atoms with Crippen LogP contribution >= 0.6 is 0 Å². The molecule has 3 rings (SSSR count). The second kappa shape index (κ2) is 8.63. The highest BCUT2D eigenvalue weighted by Crippen LogP contribution is 2.20. The molecule has 5 heteroatoms. The molecule has 0 spiro atoms. The number of amides is 1. The number of benzene rings is 2. The third-order valence-corrected chi connectivity index (χ3v) is 4.43. The summed E-state index contributed by atoms with van der Waals surface area (Å²) in [6.45, 7) is 5.27. The summed E-state index contributed by atoms with van der Waals surface area (Å²) in [7, 11) is 0. The van der Waals surface area contributed by atoms with Gasteiger partial charge in [0.1, 0.15) is 5.82 Å². The molecule has 1 saturated heterocycles. The van der Waals surface area contributed by atoms with Crippen LogP contribution in [0.5, 0.6) is 0 Å². The molecule has 1 aliphatic rings. The van der Waals surface area contributed by atoms with Gasteiger partial charge in [-0.2, -0.15) is 0 Å². The van der Waals surface area contributed by atoms with Crippen molar-refractivity contribution in [2.45, 2.75) is 13.0 Å². The zero-order chi connectivity index (χ0) is 18.4. The molecule has 1 fully saturated rings. The van der Waals surface area contributed by atoms with Gasteiger partial charge in [-0.3, -0.25) is 4.79 Å². The molecule has 2 aromatic rings. The molecule has 1 aliphatic heterocycles. The van der Waals surface area contributed by atoms with Crippen LogP contribution in [0.25, 0.3) is 6.08 Å². The Balaban J connectivity index is 1.55. The summed E-state index contributed by atoms with van der Waals surface area (Å²) in [4.78, 5) is 14.4. The minimum absolute atomic E-state index is 0.0980. The summed E-state index contributed by atoms with van der Waals surface area (Å²) in [5.41, 5.74) is 3.00. The number of nitrogens with one attached hydrogen (secondary N) is 1. The zero-order valence-electron chi connectivity index (χ0n) is 14.8. The fourth-order valence-corrected chi connectivity index (χ4v) is 2.89. The number of hydrogen-bond donors (Lipinski definition) is 1. The standard InChI is InChI=1S/C21H23FN2O2/c1-16(23-21(25)11-4-17-2-7-19(22)8-3-17)18-5-9-20(10-6-18)24-12-14-26-15-13-24/h2-11,16H,12-15H2,1H3,(H,23,25)/b11-4+. The molecule has 0 aliphatic carbocycles. The number of hydrogen-bond acceptors (Lipinski definition) is 3. The fourth-order valence-electron chi connectivity index (χ4n) is 2.89. The van der Waals surface area contributed by atoms with Crippen molar-refractivity contribution >= 4 is 17.7 Å². The normalized spacial score (nSPS) is 15.8. The molecule has 1 unspecified atom stereocenters. The predicted molar refractivity (Wildman–Crippen MR) is 101 cm³/mol. The van der Waals surface area contributed by atoms with Crippen molar-refractivity contribution in [3.8, 4) is 0 Å². The van der Waals surface area contributed by atoms with E-state index in [1.54, 1.807) is 18.2 Å². The monoisotopic (exact) mass is 354 g/mol. The lowest BCUT2D eigenvalue weighted by Crippen LogP contribution is -2.36. The van der Waals surface area contributed by atoms with Gasteiger partial charge in [0.25, 0.3) is 0 Å². The Kier molecular flexibility index (Phi) is 6.02. The molecule has 1 atom stereocenters. The molecule has 4 nitrogen and oxygen atoms in total. The first kappa shape index (κ1) is 18.1. The quantitative estimate of drug-likeness (QED) is 0.835. The molecule has 26 heavy (non-hydrogen) atoms. The summed E-state index contributed by atoms with van der Waals surface area (Å²) in [6.07, 6.45) is 3.13. The molecule has 136 valence electrons. The highest BCUT2D eigenvalue weighted by Gasteiger charge is 2.12. The van der Waals surface area contributed by atoms with Crippen LogP contribution in [0.4, 0.5) is 10.1 Å². The van der Waals surface area contributed by atoms with Crippen molar-refractivity contribution in [2.24, 2.45) is 0 Å². The second-order valence-electron chi connectivity index (χ2n) is 6.31. The molecule has 0 saturated carbocycles. The molecular weight excluding hydrogens is 331 g/mol. The predicted octanol–water partition coefficient (Wildman–Crippen LogP) is 3.55. The van der Waals surface area contributed by atoms with Crippen LogP contribution in [-0.2, 0) is 9.53 Å². The van der Waals surface area contributed by atoms with Crippen molar-refractivity contribution in [1.82, 2.24) is 5.32 Å². The Morgan fingerprint density at radius 1 is 1.12 bits per heavy atom. The highest BCUT2D eigenvalue weighted by atomic mass is 19.1. The van der Waals surface area contributed by atoms with E-state index >= 15 is 0 Å². The largest absolute Gasteiger partial charge is 0.378 e. The fraction of sp³-hybridized carbons (Fsp3) is 0.286. The molecule has 0 radical (unpaired) electrons. The molecule has 1 heterocycles. The number of rotatable bonds is 5. The Morgan fingerprint density at radius 2 is 1.77 bits per heavy atom. The molecule has 0 aromatic heterocycles. The van der Waals surface area contributed by atoms with Gasteiger partial charge in [-0.05, 0) is 48.4 Å². The Bertz CT molecular complexity index is 751. The van der Waals surface area contributed by atoms with Crippen molar-refractivity contribution in [1.29, 1.82) is 0 Å². The van der Waals surface area contributed by atoms with Crippen LogP contribution in [0, 0.1) is 5.82 Å². The number of halogens is 1.